The van der Waals surface area contributed by atoms with E-state index in [1.807, 2.05) is 18.2 Å². The van der Waals surface area contributed by atoms with Crippen LogP contribution in [0.3, 0.4) is 0 Å². The first-order valence-corrected chi connectivity index (χ1v) is 14.0. The van der Waals surface area contributed by atoms with Gasteiger partial charge in [0.15, 0.2) is 5.65 Å². The fraction of sp³-hybridized carbons (Fsp3) is 0.552. The number of fused-ring (bicyclic) bond motifs is 1. The van der Waals surface area contributed by atoms with Crippen molar-refractivity contribution in [2.45, 2.75) is 51.7 Å². The number of aromatic nitrogens is 3. The molecule has 0 spiro atoms. The van der Waals surface area contributed by atoms with Crippen LogP contribution in [-0.2, 0) is 16.0 Å². The first-order valence-electron chi connectivity index (χ1n) is 14.0. The fourth-order valence-electron chi connectivity index (χ4n) is 5.77. The van der Waals surface area contributed by atoms with Crippen molar-refractivity contribution in [3.05, 3.63) is 41.7 Å². The van der Waals surface area contributed by atoms with E-state index in [9.17, 15) is 4.39 Å². The van der Waals surface area contributed by atoms with Crippen LogP contribution in [0.2, 0.25) is 0 Å². The fourth-order valence-corrected chi connectivity index (χ4v) is 5.77. The topological polar surface area (TPSA) is 66.8 Å². The van der Waals surface area contributed by atoms with Crippen molar-refractivity contribution in [1.29, 1.82) is 0 Å². The van der Waals surface area contributed by atoms with Gasteiger partial charge in [-0.15, -0.1) is 0 Å². The third-order valence-electron chi connectivity index (χ3n) is 7.98. The quantitative estimate of drug-likeness (QED) is 0.494. The van der Waals surface area contributed by atoms with Gasteiger partial charge in [-0.05, 0) is 70.1 Å². The Bertz CT molecular complexity index is 1280. The molecule has 3 aromatic rings. The van der Waals surface area contributed by atoms with E-state index in [0.29, 0.717) is 44.6 Å². The number of hydrogen-bond acceptors (Lipinski definition) is 8. The molecule has 3 aliphatic heterocycles. The van der Waals surface area contributed by atoms with Crippen molar-refractivity contribution in [3.63, 3.8) is 0 Å². The number of pyridine rings is 1. The van der Waals surface area contributed by atoms with E-state index in [-0.39, 0.29) is 17.9 Å². The summed E-state index contributed by atoms with van der Waals surface area (Å²) in [6, 6.07) is 9.79. The molecular weight excluding hydrogens is 483 g/mol. The minimum absolute atomic E-state index is 0.158. The lowest BCUT2D eigenvalue weighted by Gasteiger charge is -2.37. The second-order valence-corrected chi connectivity index (χ2v) is 10.8. The molecule has 5 heterocycles. The van der Waals surface area contributed by atoms with E-state index in [1.54, 1.807) is 6.07 Å². The van der Waals surface area contributed by atoms with Crippen molar-refractivity contribution in [2.24, 2.45) is 0 Å². The second-order valence-electron chi connectivity index (χ2n) is 10.8. The van der Waals surface area contributed by atoms with E-state index in [1.165, 1.54) is 19.3 Å². The van der Waals surface area contributed by atoms with Gasteiger partial charge in [0, 0.05) is 30.8 Å². The molecule has 9 heteroatoms. The van der Waals surface area contributed by atoms with Crippen LogP contribution in [0.1, 0.15) is 38.7 Å². The molecule has 0 unspecified atom stereocenters. The molecule has 0 radical (unpaired) electrons. The van der Waals surface area contributed by atoms with Crippen molar-refractivity contribution >= 4 is 22.8 Å². The Balaban J connectivity index is 1.40. The SMILES string of the molecule is C[C@H]1COCCN1c1nc(N2CCOC[C@@H]2C)c2ccc(-c3ccc(F)c(CN4CCCCC4)c3)nc2n1. The Hall–Kier alpha value is -2.88. The summed E-state index contributed by atoms with van der Waals surface area (Å²) in [5, 5.41) is 0.919. The minimum atomic E-state index is -0.158. The lowest BCUT2D eigenvalue weighted by atomic mass is 10.0. The molecule has 3 fully saturated rings. The highest BCUT2D eigenvalue weighted by Gasteiger charge is 2.27. The van der Waals surface area contributed by atoms with Gasteiger partial charge >= 0.3 is 0 Å². The average molecular weight is 521 g/mol. The van der Waals surface area contributed by atoms with Crippen molar-refractivity contribution < 1.29 is 13.9 Å². The summed E-state index contributed by atoms with van der Waals surface area (Å²) in [5.41, 5.74) is 3.07. The first kappa shape index (κ1) is 25.4. The van der Waals surface area contributed by atoms with Gasteiger partial charge in [-0.2, -0.15) is 9.97 Å². The Morgan fingerprint density at radius 1 is 0.842 bits per heavy atom. The predicted molar refractivity (Wildman–Crippen MR) is 147 cm³/mol. The Labute approximate surface area is 223 Å². The number of benzene rings is 1. The predicted octanol–water partition coefficient (Wildman–Crippen LogP) is 4.27. The Morgan fingerprint density at radius 3 is 2.32 bits per heavy atom. The molecule has 2 aromatic heterocycles. The van der Waals surface area contributed by atoms with Gasteiger partial charge in [0.1, 0.15) is 11.6 Å². The first-order chi connectivity index (χ1) is 18.6. The van der Waals surface area contributed by atoms with Gasteiger partial charge in [0.2, 0.25) is 5.95 Å². The zero-order valence-corrected chi connectivity index (χ0v) is 22.4. The molecule has 0 N–H and O–H groups in total. The highest BCUT2D eigenvalue weighted by Crippen LogP contribution is 2.32. The van der Waals surface area contributed by atoms with Crippen LogP contribution in [0.5, 0.6) is 0 Å². The highest BCUT2D eigenvalue weighted by molar-refractivity contribution is 5.90. The van der Waals surface area contributed by atoms with Crippen LogP contribution in [0, 0.1) is 5.82 Å². The van der Waals surface area contributed by atoms with E-state index in [0.717, 1.165) is 54.2 Å². The Kier molecular flexibility index (Phi) is 7.41. The summed E-state index contributed by atoms with van der Waals surface area (Å²) in [7, 11) is 0. The second kappa shape index (κ2) is 11.1. The summed E-state index contributed by atoms with van der Waals surface area (Å²) in [4.78, 5) is 21.9. The number of rotatable bonds is 5. The maximum atomic E-state index is 14.8. The molecule has 1 aromatic carbocycles. The van der Waals surface area contributed by atoms with Crippen LogP contribution in [0.15, 0.2) is 30.3 Å². The molecule has 38 heavy (non-hydrogen) atoms. The number of morpholine rings is 2. The maximum Gasteiger partial charge on any atom is 0.229 e. The third kappa shape index (κ3) is 5.19. The van der Waals surface area contributed by atoms with E-state index < -0.39 is 0 Å². The van der Waals surface area contributed by atoms with Gasteiger partial charge in [-0.25, -0.2) is 9.37 Å². The molecule has 8 nitrogen and oxygen atoms in total. The smallest absolute Gasteiger partial charge is 0.229 e. The summed E-state index contributed by atoms with van der Waals surface area (Å²) in [6.07, 6.45) is 3.63. The van der Waals surface area contributed by atoms with Gasteiger partial charge in [-0.3, -0.25) is 4.90 Å². The normalized spacial score (nSPS) is 23.2. The molecule has 0 amide bonds. The lowest BCUT2D eigenvalue weighted by Crippen LogP contribution is -2.46. The highest BCUT2D eigenvalue weighted by atomic mass is 19.1. The van der Waals surface area contributed by atoms with Crippen LogP contribution in [-0.4, -0.2) is 84.5 Å². The minimum Gasteiger partial charge on any atom is -0.377 e. The van der Waals surface area contributed by atoms with Gasteiger partial charge in [0.25, 0.3) is 0 Å². The van der Waals surface area contributed by atoms with Crippen LogP contribution < -0.4 is 9.80 Å². The van der Waals surface area contributed by atoms with Gasteiger partial charge in [0.05, 0.1) is 49.6 Å². The molecule has 3 saturated heterocycles. The molecule has 6 rings (SSSR count). The van der Waals surface area contributed by atoms with Gasteiger partial charge < -0.3 is 19.3 Å². The van der Waals surface area contributed by atoms with Crippen LogP contribution in [0.25, 0.3) is 22.3 Å². The largest absolute Gasteiger partial charge is 0.377 e. The molecule has 2 atom stereocenters. The number of nitrogens with zero attached hydrogens (tertiary/aromatic N) is 6. The number of hydrogen-bond donors (Lipinski definition) is 0. The number of halogens is 1. The lowest BCUT2D eigenvalue weighted by molar-refractivity contribution is 0.0973. The molecule has 0 saturated carbocycles. The summed E-state index contributed by atoms with van der Waals surface area (Å²) >= 11 is 0. The van der Waals surface area contributed by atoms with E-state index in [2.05, 4.69) is 34.6 Å². The van der Waals surface area contributed by atoms with Crippen LogP contribution >= 0.6 is 0 Å². The van der Waals surface area contributed by atoms with Crippen molar-refractivity contribution in [1.82, 2.24) is 19.9 Å². The van der Waals surface area contributed by atoms with Crippen LogP contribution in [0.4, 0.5) is 16.2 Å². The zero-order chi connectivity index (χ0) is 26.1. The van der Waals surface area contributed by atoms with E-state index in [4.69, 9.17) is 24.4 Å². The number of likely N-dealkylation sites (tertiary alicyclic amines) is 1. The standard InChI is InChI=1S/C29H37FN6O2/c1-20-18-37-14-12-35(20)28-24-7-9-26(31-27(24)32-29(33-28)36-13-15-38-19-21(36)2)22-6-8-25(30)23(16-22)17-34-10-4-3-5-11-34/h6-9,16,20-21H,3-5,10-15,17-19H2,1-2H3/t20-,21-/m0/s1. The van der Waals surface area contributed by atoms with Crippen molar-refractivity contribution in [2.75, 3.05) is 62.4 Å². The summed E-state index contributed by atoms with van der Waals surface area (Å²) < 4.78 is 26.1. The van der Waals surface area contributed by atoms with Gasteiger partial charge in [-0.1, -0.05) is 6.42 Å². The molecular formula is C29H37FN6O2. The molecule has 0 bridgehead atoms. The van der Waals surface area contributed by atoms with Crippen molar-refractivity contribution in [3.8, 4) is 11.3 Å². The van der Waals surface area contributed by atoms with E-state index >= 15 is 0 Å². The molecule has 0 aliphatic carbocycles. The number of anilines is 2. The molecule has 202 valence electrons. The monoisotopic (exact) mass is 520 g/mol. The summed E-state index contributed by atoms with van der Waals surface area (Å²) in [6.45, 7) is 11.1. The number of piperidine rings is 1. The summed E-state index contributed by atoms with van der Waals surface area (Å²) in [5.74, 6) is 1.41. The average Bonchev–Trinajstić information content (AvgIpc) is 2.94. The molecule has 3 aliphatic rings. The Morgan fingerprint density at radius 2 is 1.58 bits per heavy atom. The maximum absolute atomic E-state index is 14.8. The number of ether oxygens (including phenoxy) is 2. The zero-order valence-electron chi connectivity index (χ0n) is 22.4. The third-order valence-corrected chi connectivity index (χ3v) is 7.98.